The van der Waals surface area contributed by atoms with Gasteiger partial charge in [0.05, 0.1) is 0 Å². The number of alkyl halides is 1. The molecule has 0 saturated heterocycles. The maximum absolute atomic E-state index is 5.95. The molecule has 3 heteroatoms. The molecule has 0 aliphatic carbocycles. The molecule has 0 bridgehead atoms. The number of hydrogen-bond acceptors (Lipinski definition) is 1. The van der Waals surface area contributed by atoms with Crippen molar-refractivity contribution in [2.75, 3.05) is 0 Å². The molecule has 2 heterocycles. The van der Waals surface area contributed by atoms with Crippen LogP contribution in [0.25, 0.3) is 6.08 Å². The van der Waals surface area contributed by atoms with Crippen LogP contribution < -0.4 is 10.7 Å². The van der Waals surface area contributed by atoms with Crippen LogP contribution in [-0.2, 0) is 0 Å². The van der Waals surface area contributed by atoms with Crippen LogP contribution in [0, 0.1) is 6.92 Å². The van der Waals surface area contributed by atoms with Crippen molar-refractivity contribution in [3.63, 3.8) is 0 Å². The molecule has 0 amide bonds. The summed E-state index contributed by atoms with van der Waals surface area (Å²) in [6.07, 6.45) is 4.13. The Morgan fingerprint density at radius 1 is 1.67 bits per heavy atom. The van der Waals surface area contributed by atoms with Crippen molar-refractivity contribution in [2.45, 2.75) is 25.3 Å². The van der Waals surface area contributed by atoms with E-state index >= 15 is 0 Å². The smallest absolute Gasteiger partial charge is 0.133 e. The van der Waals surface area contributed by atoms with E-state index in [4.69, 9.17) is 11.6 Å². The van der Waals surface area contributed by atoms with Crippen LogP contribution in [0.15, 0.2) is 11.1 Å². The number of hydrogen-bond donors (Lipinski definition) is 1. The van der Waals surface area contributed by atoms with Crippen molar-refractivity contribution < 1.29 is 0 Å². The van der Waals surface area contributed by atoms with E-state index in [9.17, 15) is 0 Å². The number of fused-ring (bicyclic) bond motifs is 1. The lowest BCUT2D eigenvalue weighted by Crippen LogP contribution is -2.22. The van der Waals surface area contributed by atoms with Crippen molar-refractivity contribution in [2.24, 2.45) is 4.99 Å². The van der Waals surface area contributed by atoms with Crippen LogP contribution in [0.5, 0.6) is 0 Å². The highest BCUT2D eigenvalue weighted by Crippen LogP contribution is 2.07. The minimum Gasteiger partial charge on any atom is -0.344 e. The summed E-state index contributed by atoms with van der Waals surface area (Å²) >= 11 is 5.95. The van der Waals surface area contributed by atoms with Gasteiger partial charge in [0.1, 0.15) is 11.0 Å². The van der Waals surface area contributed by atoms with Crippen molar-refractivity contribution in [1.82, 2.24) is 4.98 Å². The first-order valence-corrected chi connectivity index (χ1v) is 4.57. The molecule has 0 saturated carbocycles. The zero-order chi connectivity index (χ0) is 8.55. The second-order valence-corrected chi connectivity index (χ2v) is 3.61. The molecule has 1 aliphatic heterocycles. The molecule has 2 rings (SSSR count). The molecule has 1 N–H and O–H groups in total. The monoisotopic (exact) mass is 182 g/mol. The standard InChI is InChI=1S/C9H11ClN2/c1-6-5-7-3-2-4-8(10)12-9(7)11-6/h3,5,8H,2,4H2,1H3,(H,11,12). The van der Waals surface area contributed by atoms with E-state index < -0.39 is 0 Å². The average molecular weight is 183 g/mol. The molecule has 0 aromatic carbocycles. The first-order valence-electron chi connectivity index (χ1n) is 4.13. The van der Waals surface area contributed by atoms with Crippen LogP contribution in [0.4, 0.5) is 0 Å². The van der Waals surface area contributed by atoms with Crippen LogP contribution in [0.3, 0.4) is 0 Å². The number of nitrogens with zero attached hydrogens (tertiary/aromatic N) is 1. The first kappa shape index (κ1) is 7.87. The van der Waals surface area contributed by atoms with Crippen molar-refractivity contribution >= 4 is 17.7 Å². The Morgan fingerprint density at radius 2 is 2.50 bits per heavy atom. The van der Waals surface area contributed by atoms with E-state index in [1.807, 2.05) is 6.92 Å². The summed E-state index contributed by atoms with van der Waals surface area (Å²) < 4.78 is 0. The van der Waals surface area contributed by atoms with Gasteiger partial charge >= 0.3 is 0 Å². The van der Waals surface area contributed by atoms with Gasteiger partial charge in [-0.3, -0.25) is 0 Å². The average Bonchev–Trinajstić information content (AvgIpc) is 2.23. The quantitative estimate of drug-likeness (QED) is 0.460. The highest BCUT2D eigenvalue weighted by Gasteiger charge is 2.04. The second-order valence-electron chi connectivity index (χ2n) is 3.10. The fourth-order valence-corrected chi connectivity index (χ4v) is 1.66. The lowest BCUT2D eigenvalue weighted by atomic mass is 10.3. The fraction of sp³-hybridized carbons (Fsp3) is 0.444. The van der Waals surface area contributed by atoms with E-state index in [1.165, 1.54) is 5.22 Å². The predicted molar refractivity (Wildman–Crippen MR) is 49.7 cm³/mol. The number of halogens is 1. The van der Waals surface area contributed by atoms with Gasteiger partial charge in [-0.05, 0) is 25.8 Å². The fourth-order valence-electron chi connectivity index (χ4n) is 1.44. The minimum atomic E-state index is -0.0689. The number of aromatic amines is 1. The Kier molecular flexibility index (Phi) is 1.93. The zero-order valence-electron chi connectivity index (χ0n) is 6.97. The number of aromatic nitrogens is 1. The number of rotatable bonds is 0. The second kappa shape index (κ2) is 2.94. The lowest BCUT2D eigenvalue weighted by Gasteiger charge is -1.96. The summed E-state index contributed by atoms with van der Waals surface area (Å²) in [5.74, 6) is 0. The molecular formula is C9H11ClN2. The van der Waals surface area contributed by atoms with Crippen molar-refractivity contribution in [3.05, 3.63) is 22.5 Å². The van der Waals surface area contributed by atoms with Gasteiger partial charge in [0.15, 0.2) is 0 Å². The van der Waals surface area contributed by atoms with Gasteiger partial charge in [-0.1, -0.05) is 17.7 Å². The molecular weight excluding hydrogens is 172 g/mol. The topological polar surface area (TPSA) is 28.1 Å². The molecule has 0 radical (unpaired) electrons. The summed E-state index contributed by atoms with van der Waals surface area (Å²) in [5.41, 5.74) is 2.01. The van der Waals surface area contributed by atoms with Crippen LogP contribution >= 0.6 is 11.6 Å². The zero-order valence-corrected chi connectivity index (χ0v) is 7.73. The van der Waals surface area contributed by atoms with Crippen LogP contribution in [0.1, 0.15) is 18.5 Å². The highest BCUT2D eigenvalue weighted by molar-refractivity contribution is 6.20. The Balaban J connectivity index is 2.66. The SMILES string of the molecule is Cc1cc2c([nH]1)=NC(Cl)CCC=2. The van der Waals surface area contributed by atoms with Gasteiger partial charge in [0, 0.05) is 10.9 Å². The lowest BCUT2D eigenvalue weighted by molar-refractivity contribution is 0.794. The van der Waals surface area contributed by atoms with Crippen LogP contribution in [-0.4, -0.2) is 10.5 Å². The molecule has 1 aromatic heterocycles. The minimum absolute atomic E-state index is 0.0689. The number of nitrogens with one attached hydrogen (secondary N) is 1. The predicted octanol–water partition coefficient (Wildman–Crippen LogP) is 1.08. The molecule has 0 fully saturated rings. The highest BCUT2D eigenvalue weighted by atomic mass is 35.5. The van der Waals surface area contributed by atoms with Crippen LogP contribution in [0.2, 0.25) is 0 Å². The third kappa shape index (κ3) is 1.39. The molecule has 2 nitrogen and oxygen atoms in total. The molecule has 64 valence electrons. The summed E-state index contributed by atoms with van der Waals surface area (Å²) in [5, 5.41) is 1.19. The maximum atomic E-state index is 5.95. The Labute approximate surface area is 76.0 Å². The molecule has 12 heavy (non-hydrogen) atoms. The van der Waals surface area contributed by atoms with E-state index in [0.717, 1.165) is 24.0 Å². The Hall–Kier alpha value is -0.760. The first-order chi connectivity index (χ1) is 5.75. The molecule has 1 atom stereocenters. The molecule has 1 aromatic rings. The summed E-state index contributed by atoms with van der Waals surface area (Å²) in [4.78, 5) is 7.52. The summed E-state index contributed by atoms with van der Waals surface area (Å²) in [7, 11) is 0. The van der Waals surface area contributed by atoms with Gasteiger partial charge in [0.25, 0.3) is 0 Å². The van der Waals surface area contributed by atoms with Crippen molar-refractivity contribution in [3.8, 4) is 0 Å². The van der Waals surface area contributed by atoms with Gasteiger partial charge in [-0.15, -0.1) is 0 Å². The van der Waals surface area contributed by atoms with Gasteiger partial charge in [-0.2, -0.15) is 0 Å². The molecule has 1 aliphatic rings. The Morgan fingerprint density at radius 3 is 3.33 bits per heavy atom. The van der Waals surface area contributed by atoms with Gasteiger partial charge in [0.2, 0.25) is 0 Å². The molecule has 1 unspecified atom stereocenters. The third-order valence-corrected chi connectivity index (χ3v) is 2.32. The largest absolute Gasteiger partial charge is 0.344 e. The van der Waals surface area contributed by atoms with E-state index in [1.54, 1.807) is 0 Å². The maximum Gasteiger partial charge on any atom is 0.133 e. The molecule has 0 spiro atoms. The summed E-state index contributed by atoms with van der Waals surface area (Å²) in [6.45, 7) is 2.03. The number of H-pyrrole nitrogens is 1. The van der Waals surface area contributed by atoms with Crippen molar-refractivity contribution in [1.29, 1.82) is 0 Å². The van der Waals surface area contributed by atoms with Gasteiger partial charge in [-0.25, -0.2) is 4.99 Å². The third-order valence-electron chi connectivity index (χ3n) is 2.00. The van der Waals surface area contributed by atoms with E-state index in [0.29, 0.717) is 0 Å². The normalized spacial score (nSPS) is 22.0. The Bertz CT molecular complexity index is 391. The number of aryl methyl sites for hydroxylation is 1. The summed E-state index contributed by atoms with van der Waals surface area (Å²) in [6, 6.07) is 2.10. The van der Waals surface area contributed by atoms with Gasteiger partial charge < -0.3 is 4.98 Å². The van der Waals surface area contributed by atoms with E-state index in [2.05, 4.69) is 22.1 Å². The van der Waals surface area contributed by atoms with E-state index in [-0.39, 0.29) is 5.50 Å².